The van der Waals surface area contributed by atoms with E-state index in [1.54, 1.807) is 31.2 Å². The number of Topliss-reactive ketones (excluding diaryl/α,β-unsaturated/α-hetero) is 1. The number of aryl methyl sites for hydroxylation is 2. The van der Waals surface area contributed by atoms with Crippen molar-refractivity contribution in [2.24, 2.45) is 5.92 Å². The van der Waals surface area contributed by atoms with Gasteiger partial charge in [0.25, 0.3) is 5.56 Å². The average Bonchev–Trinajstić information content (AvgIpc) is 3.04. The molecule has 2 aromatic heterocycles. The molecule has 31 heavy (non-hydrogen) atoms. The van der Waals surface area contributed by atoms with Crippen LogP contribution in [0.3, 0.4) is 0 Å². The van der Waals surface area contributed by atoms with Crippen LogP contribution in [0.1, 0.15) is 59.4 Å². The third-order valence-corrected chi connectivity index (χ3v) is 5.50. The van der Waals surface area contributed by atoms with Crippen molar-refractivity contribution in [1.29, 1.82) is 0 Å². The molecule has 7 nitrogen and oxygen atoms in total. The highest BCUT2D eigenvalue weighted by molar-refractivity contribution is 6.04. The molecule has 0 saturated carbocycles. The maximum atomic E-state index is 12.8. The Balaban J connectivity index is 1.81. The molecule has 0 aliphatic rings. The Bertz CT molecular complexity index is 1190. The van der Waals surface area contributed by atoms with Crippen molar-refractivity contribution in [3.8, 4) is 0 Å². The third-order valence-electron chi connectivity index (χ3n) is 5.50. The largest absolute Gasteiger partial charge is 0.452 e. The lowest BCUT2D eigenvalue weighted by Crippen LogP contribution is -2.26. The fourth-order valence-electron chi connectivity index (χ4n) is 3.69. The van der Waals surface area contributed by atoms with E-state index in [4.69, 9.17) is 4.74 Å². The summed E-state index contributed by atoms with van der Waals surface area (Å²) in [5, 5.41) is 4.97. The van der Waals surface area contributed by atoms with E-state index < -0.39 is 5.97 Å². The van der Waals surface area contributed by atoms with Gasteiger partial charge in [-0.25, -0.2) is 9.48 Å². The number of carbonyl (C=O) groups is 2. The first-order valence-electron chi connectivity index (χ1n) is 10.6. The van der Waals surface area contributed by atoms with Crippen LogP contribution in [-0.4, -0.2) is 32.7 Å². The molecule has 0 radical (unpaired) electrons. The van der Waals surface area contributed by atoms with Crippen LogP contribution in [0.4, 0.5) is 0 Å². The summed E-state index contributed by atoms with van der Waals surface area (Å²) in [7, 11) is 0. The number of hydrogen-bond acceptors (Lipinski definition) is 5. The number of fused-ring (bicyclic) bond motifs is 1. The summed E-state index contributed by atoms with van der Waals surface area (Å²) in [6.45, 7) is 10.8. The van der Waals surface area contributed by atoms with Gasteiger partial charge >= 0.3 is 5.97 Å². The van der Waals surface area contributed by atoms with Crippen LogP contribution in [0.25, 0.3) is 10.8 Å². The molecular weight excluding hydrogens is 394 g/mol. The van der Waals surface area contributed by atoms with E-state index in [9.17, 15) is 14.4 Å². The molecule has 1 aromatic carbocycles. The number of rotatable bonds is 8. The smallest absolute Gasteiger partial charge is 0.359 e. The fraction of sp³-hybridized carbons (Fsp3) is 0.417. The summed E-state index contributed by atoms with van der Waals surface area (Å²) in [4.78, 5) is 38.0. The first-order chi connectivity index (χ1) is 14.7. The molecule has 7 heteroatoms. The highest BCUT2D eigenvalue weighted by atomic mass is 16.5. The number of nitrogens with zero attached hydrogens (tertiary/aromatic N) is 3. The van der Waals surface area contributed by atoms with E-state index in [1.807, 2.05) is 19.9 Å². The maximum absolute atomic E-state index is 12.8. The average molecular weight is 424 g/mol. The molecule has 0 atom stereocenters. The Morgan fingerprint density at radius 3 is 2.45 bits per heavy atom. The van der Waals surface area contributed by atoms with Crippen LogP contribution in [0.5, 0.6) is 0 Å². The summed E-state index contributed by atoms with van der Waals surface area (Å²) in [5.74, 6) is -0.416. The minimum atomic E-state index is -0.722. The molecule has 0 aliphatic heterocycles. The minimum absolute atomic E-state index is 0.0345. The van der Waals surface area contributed by atoms with Crippen molar-refractivity contribution >= 4 is 22.5 Å². The Hall–Kier alpha value is -3.22. The molecule has 0 amide bonds. The van der Waals surface area contributed by atoms with Crippen molar-refractivity contribution < 1.29 is 14.3 Å². The van der Waals surface area contributed by atoms with Crippen molar-refractivity contribution in [3.63, 3.8) is 0 Å². The normalized spacial score (nSPS) is 11.3. The zero-order valence-electron chi connectivity index (χ0n) is 18.8. The van der Waals surface area contributed by atoms with Crippen LogP contribution in [-0.2, 0) is 17.8 Å². The van der Waals surface area contributed by atoms with E-state index in [1.165, 1.54) is 4.68 Å². The van der Waals surface area contributed by atoms with Gasteiger partial charge < -0.3 is 9.30 Å². The second-order valence-electron chi connectivity index (χ2n) is 8.13. The maximum Gasteiger partial charge on any atom is 0.359 e. The predicted octanol–water partition coefficient (Wildman–Crippen LogP) is 3.92. The van der Waals surface area contributed by atoms with Gasteiger partial charge in [-0.15, -0.1) is 0 Å². The van der Waals surface area contributed by atoms with E-state index in [2.05, 4.69) is 23.5 Å². The quantitative estimate of drug-likeness (QED) is 0.405. The summed E-state index contributed by atoms with van der Waals surface area (Å²) < 4.78 is 8.67. The molecular formula is C24H29N3O4. The van der Waals surface area contributed by atoms with E-state index in [0.29, 0.717) is 28.8 Å². The van der Waals surface area contributed by atoms with Gasteiger partial charge in [0.15, 0.2) is 12.3 Å². The lowest BCUT2D eigenvalue weighted by molar-refractivity contribution is 0.0468. The van der Waals surface area contributed by atoms with Gasteiger partial charge in [-0.1, -0.05) is 32.0 Å². The molecule has 0 fully saturated rings. The first kappa shape index (κ1) is 22.5. The zero-order valence-corrected chi connectivity index (χ0v) is 18.8. The van der Waals surface area contributed by atoms with Crippen molar-refractivity contribution in [2.75, 3.05) is 6.61 Å². The number of benzene rings is 1. The van der Waals surface area contributed by atoms with Crippen molar-refractivity contribution in [2.45, 2.75) is 54.1 Å². The van der Waals surface area contributed by atoms with Crippen molar-refractivity contribution in [3.05, 3.63) is 63.3 Å². The molecule has 164 valence electrons. The number of ketones is 1. The molecule has 0 aliphatic carbocycles. The fourth-order valence-corrected chi connectivity index (χ4v) is 3.69. The lowest BCUT2D eigenvalue weighted by atomic mass is 10.1. The molecule has 0 bridgehead atoms. The summed E-state index contributed by atoms with van der Waals surface area (Å²) in [6.07, 6.45) is 1.02. The third kappa shape index (κ3) is 4.60. The minimum Gasteiger partial charge on any atom is -0.452 e. The van der Waals surface area contributed by atoms with E-state index >= 15 is 0 Å². The molecule has 3 rings (SSSR count). The van der Waals surface area contributed by atoms with Crippen LogP contribution < -0.4 is 5.56 Å². The van der Waals surface area contributed by atoms with Gasteiger partial charge in [-0.3, -0.25) is 9.59 Å². The van der Waals surface area contributed by atoms with Crippen LogP contribution in [0.2, 0.25) is 0 Å². The van der Waals surface area contributed by atoms with Crippen LogP contribution in [0.15, 0.2) is 35.1 Å². The topological polar surface area (TPSA) is 83.2 Å². The molecule has 3 aromatic rings. The Kier molecular flexibility index (Phi) is 6.73. The highest BCUT2D eigenvalue weighted by Crippen LogP contribution is 2.19. The lowest BCUT2D eigenvalue weighted by Gasteiger charge is -2.11. The van der Waals surface area contributed by atoms with Crippen LogP contribution in [0, 0.1) is 19.8 Å². The van der Waals surface area contributed by atoms with E-state index in [-0.39, 0.29) is 23.6 Å². The van der Waals surface area contributed by atoms with E-state index in [0.717, 1.165) is 24.4 Å². The highest BCUT2D eigenvalue weighted by Gasteiger charge is 2.21. The molecule has 0 spiro atoms. The number of hydrogen-bond donors (Lipinski definition) is 0. The van der Waals surface area contributed by atoms with Gasteiger partial charge in [0, 0.05) is 35.4 Å². The summed E-state index contributed by atoms with van der Waals surface area (Å²) in [5.41, 5.74) is 2.22. The predicted molar refractivity (Wildman–Crippen MR) is 120 cm³/mol. The van der Waals surface area contributed by atoms with Gasteiger partial charge in [-0.05, 0) is 45.2 Å². The van der Waals surface area contributed by atoms with Gasteiger partial charge in [-0.2, -0.15) is 5.10 Å². The van der Waals surface area contributed by atoms with Crippen molar-refractivity contribution in [1.82, 2.24) is 14.3 Å². The molecule has 0 N–H and O–H groups in total. The summed E-state index contributed by atoms with van der Waals surface area (Å²) >= 11 is 0. The Morgan fingerprint density at radius 1 is 1.13 bits per heavy atom. The van der Waals surface area contributed by atoms with Crippen LogP contribution >= 0.6 is 0 Å². The second kappa shape index (κ2) is 9.29. The Morgan fingerprint density at radius 2 is 1.81 bits per heavy atom. The Labute approximate surface area is 181 Å². The SMILES string of the molecule is CCn1nc(C(=O)OCC(=O)c2cc(C)n(CCC(C)C)c2C)c2ccccc2c1=O. The monoisotopic (exact) mass is 423 g/mol. The molecule has 2 heterocycles. The number of carbonyl (C=O) groups excluding carboxylic acids is 2. The van der Waals surface area contributed by atoms with Gasteiger partial charge in [0.05, 0.1) is 5.39 Å². The number of esters is 1. The van der Waals surface area contributed by atoms with Gasteiger partial charge in [0.1, 0.15) is 0 Å². The zero-order chi connectivity index (χ0) is 22.7. The number of aromatic nitrogens is 3. The molecule has 0 unspecified atom stereocenters. The van der Waals surface area contributed by atoms with Gasteiger partial charge in [0.2, 0.25) is 5.78 Å². The standard InChI is InChI=1S/C24H29N3O4/c1-6-27-23(29)19-10-8-7-9-18(19)22(25-27)24(30)31-14-21(28)20-13-16(4)26(17(20)5)12-11-15(2)3/h7-10,13,15H,6,11-12,14H2,1-5H3. The number of ether oxygens (including phenoxy) is 1. The first-order valence-corrected chi connectivity index (χ1v) is 10.6. The molecule has 0 saturated heterocycles. The second-order valence-corrected chi connectivity index (χ2v) is 8.13. The summed E-state index contributed by atoms with van der Waals surface area (Å²) in [6, 6.07) is 8.62.